The second kappa shape index (κ2) is 2.74. The molecular weight excluding hydrogens is 178 g/mol. The highest BCUT2D eigenvalue weighted by Crippen LogP contribution is 2.34. The van der Waals surface area contributed by atoms with Gasteiger partial charge in [-0.25, -0.2) is 0 Å². The topological polar surface area (TPSA) is 4.93 Å². The molecule has 0 radical (unpaired) electrons. The molecule has 13 heavy (non-hydrogen) atoms. The van der Waals surface area contributed by atoms with Gasteiger partial charge in [0.15, 0.2) is 0 Å². The average Bonchev–Trinajstić information content (AvgIpc) is 2.51. The summed E-state index contributed by atoms with van der Waals surface area (Å²) in [6, 6.07) is 2.17. The van der Waals surface area contributed by atoms with Crippen molar-refractivity contribution in [1.29, 1.82) is 0 Å². The molecule has 0 saturated carbocycles. The lowest BCUT2D eigenvalue weighted by Gasteiger charge is -2.00. The molecule has 0 aliphatic heterocycles. The van der Waals surface area contributed by atoms with Gasteiger partial charge in [-0.1, -0.05) is 6.58 Å². The van der Waals surface area contributed by atoms with Gasteiger partial charge in [-0.05, 0) is 25.5 Å². The van der Waals surface area contributed by atoms with E-state index in [0.29, 0.717) is 0 Å². The highest BCUT2D eigenvalue weighted by molar-refractivity contribution is 7.19. The van der Waals surface area contributed by atoms with E-state index >= 15 is 0 Å². The minimum absolute atomic E-state index is 1.16. The summed E-state index contributed by atoms with van der Waals surface area (Å²) < 4.78 is 3.53. The van der Waals surface area contributed by atoms with Gasteiger partial charge >= 0.3 is 0 Å². The quantitative estimate of drug-likeness (QED) is 0.649. The van der Waals surface area contributed by atoms with Crippen LogP contribution in [0.2, 0.25) is 0 Å². The summed E-state index contributed by atoms with van der Waals surface area (Å²) in [5.74, 6) is 0. The third-order valence-electron chi connectivity index (χ3n) is 2.31. The van der Waals surface area contributed by atoms with Crippen molar-refractivity contribution in [3.63, 3.8) is 0 Å². The monoisotopic (exact) mass is 191 g/mol. The van der Waals surface area contributed by atoms with E-state index in [1.165, 1.54) is 20.7 Å². The van der Waals surface area contributed by atoms with E-state index in [-0.39, 0.29) is 0 Å². The van der Waals surface area contributed by atoms with Crippen LogP contribution in [0.3, 0.4) is 0 Å². The number of fused-ring (bicyclic) bond motifs is 1. The first kappa shape index (κ1) is 8.57. The summed E-state index contributed by atoms with van der Waals surface area (Å²) in [4.78, 5) is 1.37. The van der Waals surface area contributed by atoms with Crippen molar-refractivity contribution in [3.8, 4) is 0 Å². The van der Waals surface area contributed by atoms with Crippen LogP contribution in [0.5, 0.6) is 0 Å². The summed E-state index contributed by atoms with van der Waals surface area (Å²) in [7, 11) is 2.08. The molecule has 2 heterocycles. The van der Waals surface area contributed by atoms with Crippen LogP contribution in [0.15, 0.2) is 18.8 Å². The number of rotatable bonds is 1. The average molecular weight is 191 g/mol. The molecule has 0 unspecified atom stereocenters. The summed E-state index contributed by atoms with van der Waals surface area (Å²) in [5.41, 5.74) is 3.81. The lowest BCUT2D eigenvalue weighted by molar-refractivity contribution is 0.967. The van der Waals surface area contributed by atoms with E-state index in [1.807, 2.05) is 11.3 Å². The Hall–Kier alpha value is -1.02. The van der Waals surface area contributed by atoms with Crippen LogP contribution >= 0.6 is 11.3 Å². The number of thiophene rings is 1. The molecule has 1 nitrogen and oxygen atoms in total. The zero-order chi connectivity index (χ0) is 9.59. The third-order valence-corrected chi connectivity index (χ3v) is 3.37. The van der Waals surface area contributed by atoms with Gasteiger partial charge in [0.05, 0.1) is 10.2 Å². The molecule has 0 fully saturated rings. The van der Waals surface area contributed by atoms with E-state index in [4.69, 9.17) is 0 Å². The van der Waals surface area contributed by atoms with Gasteiger partial charge in [-0.2, -0.15) is 0 Å². The maximum absolute atomic E-state index is 4.02. The fourth-order valence-electron chi connectivity index (χ4n) is 1.77. The van der Waals surface area contributed by atoms with Gasteiger partial charge in [0, 0.05) is 23.7 Å². The third kappa shape index (κ3) is 1.13. The molecule has 0 spiro atoms. The van der Waals surface area contributed by atoms with Crippen LogP contribution in [0, 0.1) is 6.92 Å². The number of hydrogen-bond donors (Lipinski definition) is 0. The number of aryl methyl sites for hydroxylation is 2. The predicted octanol–water partition coefficient (Wildman–Crippen LogP) is 3.58. The molecule has 2 aromatic rings. The Bertz CT molecular complexity index is 473. The summed E-state index contributed by atoms with van der Waals surface area (Å²) in [5, 5.41) is 0. The standard InChI is InChI=1S/C11H13NS/c1-7(2)10-8(3)13-9-5-6-12(4)11(9)10/h5-6H,1H2,2-4H3. The van der Waals surface area contributed by atoms with Crippen LogP contribution in [0.4, 0.5) is 0 Å². The van der Waals surface area contributed by atoms with Crippen molar-refractivity contribution in [2.75, 3.05) is 0 Å². The molecule has 0 N–H and O–H groups in total. The zero-order valence-corrected chi connectivity index (χ0v) is 9.03. The molecule has 0 atom stereocenters. The van der Waals surface area contributed by atoms with Crippen LogP contribution in [0.25, 0.3) is 15.8 Å². The molecule has 0 aliphatic carbocycles. The minimum atomic E-state index is 1.16. The predicted molar refractivity (Wildman–Crippen MR) is 60.2 cm³/mol. The van der Waals surface area contributed by atoms with E-state index in [0.717, 1.165) is 5.57 Å². The molecule has 0 amide bonds. The number of nitrogens with zero attached hydrogens (tertiary/aromatic N) is 1. The maximum Gasteiger partial charge on any atom is 0.0666 e. The van der Waals surface area contributed by atoms with E-state index in [1.54, 1.807) is 0 Å². The Kier molecular flexibility index (Phi) is 1.81. The number of aromatic nitrogens is 1. The molecule has 2 heteroatoms. The van der Waals surface area contributed by atoms with Crippen LogP contribution in [0.1, 0.15) is 17.4 Å². The van der Waals surface area contributed by atoms with E-state index < -0.39 is 0 Å². The lowest BCUT2D eigenvalue weighted by Crippen LogP contribution is -1.87. The smallest absolute Gasteiger partial charge is 0.0666 e. The van der Waals surface area contributed by atoms with Gasteiger partial charge in [0.25, 0.3) is 0 Å². The molecule has 2 rings (SSSR count). The maximum atomic E-state index is 4.02. The Morgan fingerprint density at radius 2 is 2.23 bits per heavy atom. The van der Waals surface area contributed by atoms with Crippen molar-refractivity contribution in [2.45, 2.75) is 13.8 Å². The highest BCUT2D eigenvalue weighted by Gasteiger charge is 2.11. The van der Waals surface area contributed by atoms with E-state index in [9.17, 15) is 0 Å². The lowest BCUT2D eigenvalue weighted by atomic mass is 10.1. The first-order valence-corrected chi connectivity index (χ1v) is 5.13. The fraction of sp³-hybridized carbons (Fsp3) is 0.273. The van der Waals surface area contributed by atoms with Gasteiger partial charge < -0.3 is 4.57 Å². The van der Waals surface area contributed by atoms with Crippen LogP contribution < -0.4 is 0 Å². The Balaban J connectivity index is 2.90. The zero-order valence-electron chi connectivity index (χ0n) is 8.22. The van der Waals surface area contributed by atoms with Gasteiger partial charge in [-0.3, -0.25) is 0 Å². The summed E-state index contributed by atoms with van der Waals surface area (Å²) >= 11 is 1.85. The first-order valence-electron chi connectivity index (χ1n) is 4.31. The molecule has 0 bridgehead atoms. The van der Waals surface area contributed by atoms with Gasteiger partial charge in [-0.15, -0.1) is 11.3 Å². The second-order valence-corrected chi connectivity index (χ2v) is 4.71. The molecule has 0 aromatic carbocycles. The highest BCUT2D eigenvalue weighted by atomic mass is 32.1. The van der Waals surface area contributed by atoms with Crippen molar-refractivity contribution >= 4 is 27.1 Å². The Labute approximate surface area is 82.3 Å². The first-order chi connectivity index (χ1) is 6.11. The van der Waals surface area contributed by atoms with Crippen LogP contribution in [-0.4, -0.2) is 4.57 Å². The Morgan fingerprint density at radius 1 is 1.54 bits per heavy atom. The largest absolute Gasteiger partial charge is 0.349 e. The van der Waals surface area contributed by atoms with E-state index in [2.05, 4.69) is 44.3 Å². The molecule has 0 saturated heterocycles. The van der Waals surface area contributed by atoms with Crippen molar-refractivity contribution in [2.24, 2.45) is 7.05 Å². The van der Waals surface area contributed by atoms with Crippen molar-refractivity contribution < 1.29 is 0 Å². The normalized spacial score (nSPS) is 11.0. The molecule has 2 aromatic heterocycles. The molecule has 0 aliphatic rings. The van der Waals surface area contributed by atoms with Gasteiger partial charge in [0.1, 0.15) is 0 Å². The summed E-state index contributed by atoms with van der Waals surface area (Å²) in [6.45, 7) is 8.25. The van der Waals surface area contributed by atoms with Gasteiger partial charge in [0.2, 0.25) is 0 Å². The summed E-state index contributed by atoms with van der Waals surface area (Å²) in [6.07, 6.45) is 2.10. The fourth-order valence-corrected chi connectivity index (χ4v) is 2.95. The molecule has 68 valence electrons. The SMILES string of the molecule is C=C(C)c1c(C)sc2ccn(C)c12. The van der Waals surface area contributed by atoms with Crippen LogP contribution in [-0.2, 0) is 7.05 Å². The molecular formula is C11H13NS. The minimum Gasteiger partial charge on any atom is -0.349 e. The number of hydrogen-bond acceptors (Lipinski definition) is 1. The Morgan fingerprint density at radius 3 is 2.85 bits per heavy atom. The van der Waals surface area contributed by atoms with Crippen molar-refractivity contribution in [3.05, 3.63) is 29.3 Å². The number of allylic oxidation sites excluding steroid dienone is 1. The van der Waals surface area contributed by atoms with Crippen molar-refractivity contribution in [1.82, 2.24) is 4.57 Å². The second-order valence-electron chi connectivity index (χ2n) is 3.45.